The van der Waals surface area contributed by atoms with E-state index < -0.39 is 6.04 Å². The van der Waals surface area contributed by atoms with Gasteiger partial charge in [-0.2, -0.15) is 5.10 Å². The number of halogens is 1. The number of amides is 1. The van der Waals surface area contributed by atoms with E-state index in [1.165, 1.54) is 0 Å². The average molecular weight is 319 g/mol. The second-order valence-corrected chi connectivity index (χ2v) is 5.98. The maximum absolute atomic E-state index is 12.6. The molecule has 6 heteroatoms. The smallest absolute Gasteiger partial charge is 0.242 e. The summed E-state index contributed by atoms with van der Waals surface area (Å²) in [4.78, 5) is 12.6. The SMILES string of the molecule is CNC(C(=O)NC1CCc2c(Cl)cccc21)c1cnn(C)c1. The maximum Gasteiger partial charge on any atom is 0.242 e. The van der Waals surface area contributed by atoms with Crippen molar-refractivity contribution in [2.45, 2.75) is 24.9 Å². The molecule has 1 aromatic heterocycles. The summed E-state index contributed by atoms with van der Waals surface area (Å²) in [5.74, 6) is -0.0478. The fourth-order valence-corrected chi connectivity index (χ4v) is 3.33. The first kappa shape index (κ1) is 15.1. The summed E-state index contributed by atoms with van der Waals surface area (Å²) in [6, 6.07) is 5.49. The Balaban J connectivity index is 1.77. The van der Waals surface area contributed by atoms with E-state index in [0.29, 0.717) is 0 Å². The number of aryl methyl sites for hydroxylation is 1. The van der Waals surface area contributed by atoms with Crippen LogP contribution in [0, 0.1) is 0 Å². The number of nitrogens with one attached hydrogen (secondary N) is 2. The van der Waals surface area contributed by atoms with Gasteiger partial charge in [-0.15, -0.1) is 0 Å². The van der Waals surface area contributed by atoms with E-state index in [1.807, 2.05) is 31.4 Å². The summed E-state index contributed by atoms with van der Waals surface area (Å²) in [7, 11) is 3.61. The van der Waals surface area contributed by atoms with Crippen molar-refractivity contribution in [2.75, 3.05) is 7.05 Å². The van der Waals surface area contributed by atoms with Crippen LogP contribution in [0.15, 0.2) is 30.6 Å². The average Bonchev–Trinajstić information content (AvgIpc) is 3.08. The molecule has 0 spiro atoms. The van der Waals surface area contributed by atoms with E-state index >= 15 is 0 Å². The van der Waals surface area contributed by atoms with Crippen LogP contribution >= 0.6 is 11.6 Å². The number of carbonyl (C=O) groups is 1. The molecule has 1 aliphatic rings. The molecule has 0 saturated carbocycles. The molecule has 2 aromatic rings. The van der Waals surface area contributed by atoms with Crippen LogP contribution in [0.5, 0.6) is 0 Å². The lowest BCUT2D eigenvalue weighted by atomic mass is 10.1. The lowest BCUT2D eigenvalue weighted by Crippen LogP contribution is -2.37. The highest BCUT2D eigenvalue weighted by Crippen LogP contribution is 2.35. The highest BCUT2D eigenvalue weighted by Gasteiger charge is 2.28. The molecule has 1 aromatic carbocycles. The van der Waals surface area contributed by atoms with Crippen LogP contribution in [0.1, 0.15) is 35.2 Å². The van der Waals surface area contributed by atoms with E-state index in [2.05, 4.69) is 15.7 Å². The van der Waals surface area contributed by atoms with Crippen molar-refractivity contribution < 1.29 is 4.79 Å². The van der Waals surface area contributed by atoms with Crippen molar-refractivity contribution in [1.82, 2.24) is 20.4 Å². The zero-order valence-electron chi connectivity index (χ0n) is 12.6. The van der Waals surface area contributed by atoms with Gasteiger partial charge in [0.25, 0.3) is 0 Å². The van der Waals surface area contributed by atoms with Crippen LogP contribution in [0.25, 0.3) is 0 Å². The van der Waals surface area contributed by atoms with E-state index in [-0.39, 0.29) is 11.9 Å². The van der Waals surface area contributed by atoms with Crippen molar-refractivity contribution in [3.05, 3.63) is 52.3 Å². The number of aromatic nitrogens is 2. The Morgan fingerprint density at radius 2 is 2.32 bits per heavy atom. The van der Waals surface area contributed by atoms with Crippen LogP contribution in [0.3, 0.4) is 0 Å². The van der Waals surface area contributed by atoms with Gasteiger partial charge >= 0.3 is 0 Å². The third kappa shape index (κ3) is 2.74. The first-order valence-electron chi connectivity index (χ1n) is 7.33. The molecule has 3 rings (SSSR count). The van der Waals surface area contributed by atoms with Gasteiger partial charge in [0.05, 0.1) is 12.2 Å². The summed E-state index contributed by atoms with van der Waals surface area (Å²) in [6.07, 6.45) is 5.34. The molecule has 2 unspecified atom stereocenters. The fourth-order valence-electron chi connectivity index (χ4n) is 3.05. The normalized spacial score (nSPS) is 18.0. The molecule has 22 heavy (non-hydrogen) atoms. The number of benzene rings is 1. The molecule has 116 valence electrons. The minimum absolute atomic E-state index is 0.0220. The third-order valence-corrected chi connectivity index (χ3v) is 4.49. The van der Waals surface area contributed by atoms with Gasteiger partial charge in [0.1, 0.15) is 6.04 Å². The molecule has 1 aliphatic carbocycles. The molecule has 0 saturated heterocycles. The second kappa shape index (κ2) is 6.10. The first-order valence-corrected chi connectivity index (χ1v) is 7.71. The lowest BCUT2D eigenvalue weighted by molar-refractivity contribution is -0.123. The summed E-state index contributed by atoms with van der Waals surface area (Å²) >= 11 is 6.22. The van der Waals surface area contributed by atoms with Crippen LogP contribution in [-0.4, -0.2) is 22.7 Å². The number of likely N-dealkylation sites (N-methyl/N-ethyl adjacent to an activating group) is 1. The van der Waals surface area contributed by atoms with E-state index in [1.54, 1.807) is 17.9 Å². The molecule has 0 bridgehead atoms. The van der Waals surface area contributed by atoms with E-state index in [9.17, 15) is 4.79 Å². The topological polar surface area (TPSA) is 59.0 Å². The van der Waals surface area contributed by atoms with Crippen molar-refractivity contribution >= 4 is 17.5 Å². The monoisotopic (exact) mass is 318 g/mol. The van der Waals surface area contributed by atoms with Gasteiger partial charge in [0.15, 0.2) is 0 Å². The summed E-state index contributed by atoms with van der Waals surface area (Å²) in [5.41, 5.74) is 3.13. The predicted octanol–water partition coefficient (Wildman–Crippen LogP) is 2.14. The van der Waals surface area contributed by atoms with Gasteiger partial charge in [-0.05, 0) is 37.1 Å². The fraction of sp³-hybridized carbons (Fsp3) is 0.375. The molecular weight excluding hydrogens is 300 g/mol. The number of fused-ring (bicyclic) bond motifs is 1. The highest BCUT2D eigenvalue weighted by molar-refractivity contribution is 6.31. The predicted molar refractivity (Wildman–Crippen MR) is 85.7 cm³/mol. The quantitative estimate of drug-likeness (QED) is 0.908. The molecule has 0 fully saturated rings. The molecule has 5 nitrogen and oxygen atoms in total. The Hall–Kier alpha value is -1.85. The Morgan fingerprint density at radius 1 is 1.50 bits per heavy atom. The number of carbonyl (C=O) groups excluding carboxylic acids is 1. The van der Waals surface area contributed by atoms with Gasteiger partial charge < -0.3 is 10.6 Å². The third-order valence-electron chi connectivity index (χ3n) is 4.14. The lowest BCUT2D eigenvalue weighted by Gasteiger charge is -2.19. The van der Waals surface area contributed by atoms with Gasteiger partial charge in [-0.3, -0.25) is 9.48 Å². The summed E-state index contributed by atoms with van der Waals surface area (Å²) < 4.78 is 1.69. The molecule has 0 aliphatic heterocycles. The van der Waals surface area contributed by atoms with Crippen molar-refractivity contribution in [3.63, 3.8) is 0 Å². The zero-order chi connectivity index (χ0) is 15.7. The molecule has 2 N–H and O–H groups in total. The summed E-state index contributed by atoms with van der Waals surface area (Å²) in [5, 5.41) is 11.1. The molecule has 0 radical (unpaired) electrons. The van der Waals surface area contributed by atoms with Gasteiger partial charge in [0.2, 0.25) is 5.91 Å². The van der Waals surface area contributed by atoms with E-state index in [4.69, 9.17) is 11.6 Å². The standard InChI is InChI=1S/C16H19ClN4O/c1-18-15(10-8-19-21(2)9-10)16(22)20-14-7-6-11-12(14)4-3-5-13(11)17/h3-5,8-9,14-15,18H,6-7H2,1-2H3,(H,20,22). The highest BCUT2D eigenvalue weighted by atomic mass is 35.5. The van der Waals surface area contributed by atoms with Crippen LogP contribution < -0.4 is 10.6 Å². The largest absolute Gasteiger partial charge is 0.348 e. The minimum atomic E-state index is -0.406. The minimum Gasteiger partial charge on any atom is -0.348 e. The Kier molecular flexibility index (Phi) is 4.18. The Labute approximate surface area is 134 Å². The Morgan fingerprint density at radius 3 is 3.00 bits per heavy atom. The van der Waals surface area contributed by atoms with Gasteiger partial charge in [-0.1, -0.05) is 23.7 Å². The van der Waals surface area contributed by atoms with Gasteiger partial charge in [-0.25, -0.2) is 0 Å². The van der Waals surface area contributed by atoms with Crippen molar-refractivity contribution in [2.24, 2.45) is 7.05 Å². The number of hydrogen-bond donors (Lipinski definition) is 2. The number of nitrogens with zero attached hydrogens (tertiary/aromatic N) is 2. The number of hydrogen-bond acceptors (Lipinski definition) is 3. The van der Waals surface area contributed by atoms with E-state index in [0.717, 1.165) is 34.6 Å². The maximum atomic E-state index is 12.6. The first-order chi connectivity index (χ1) is 10.6. The zero-order valence-corrected chi connectivity index (χ0v) is 13.4. The molecule has 2 atom stereocenters. The molecule has 1 heterocycles. The van der Waals surface area contributed by atoms with Crippen molar-refractivity contribution in [3.8, 4) is 0 Å². The van der Waals surface area contributed by atoms with Crippen LogP contribution in [-0.2, 0) is 18.3 Å². The summed E-state index contributed by atoms with van der Waals surface area (Å²) in [6.45, 7) is 0. The van der Waals surface area contributed by atoms with Crippen LogP contribution in [0.4, 0.5) is 0 Å². The Bertz CT molecular complexity index is 697. The van der Waals surface area contributed by atoms with Crippen molar-refractivity contribution in [1.29, 1.82) is 0 Å². The van der Waals surface area contributed by atoms with Gasteiger partial charge in [0, 0.05) is 23.8 Å². The molecule has 1 amide bonds. The molecular formula is C16H19ClN4O. The second-order valence-electron chi connectivity index (χ2n) is 5.58. The van der Waals surface area contributed by atoms with Crippen LogP contribution in [0.2, 0.25) is 5.02 Å². The number of rotatable bonds is 4.